The van der Waals surface area contributed by atoms with E-state index in [0.29, 0.717) is 23.0 Å². The molecule has 1 aromatic heterocycles. The minimum Gasteiger partial charge on any atom is -0.326 e. The number of amides is 2. The number of nitrogens with one attached hydrogen (secondary N) is 2. The zero-order valence-electron chi connectivity index (χ0n) is 13.8. The number of benzene rings is 2. The molecule has 0 fully saturated rings. The van der Waals surface area contributed by atoms with Crippen molar-refractivity contribution in [2.24, 2.45) is 5.92 Å². The molecule has 0 spiro atoms. The van der Waals surface area contributed by atoms with Crippen molar-refractivity contribution >= 4 is 55.8 Å². The quantitative estimate of drug-likeness (QED) is 0.695. The SMILES string of the molecule is O=C(CCC1Cc2ccccc2NC1=O)Nc1nc2ccc(Cl)cc2s1. The van der Waals surface area contributed by atoms with E-state index >= 15 is 0 Å². The van der Waals surface area contributed by atoms with Gasteiger partial charge in [0.15, 0.2) is 5.13 Å². The lowest BCUT2D eigenvalue weighted by Crippen LogP contribution is -2.30. The molecule has 0 bridgehead atoms. The molecule has 0 radical (unpaired) electrons. The summed E-state index contributed by atoms with van der Waals surface area (Å²) in [5.41, 5.74) is 2.78. The van der Waals surface area contributed by atoms with Crippen molar-refractivity contribution in [3.8, 4) is 0 Å². The molecular weight excluding hydrogens is 370 g/mol. The van der Waals surface area contributed by atoms with Crippen LogP contribution in [0.25, 0.3) is 10.2 Å². The van der Waals surface area contributed by atoms with E-state index < -0.39 is 0 Å². The highest BCUT2D eigenvalue weighted by atomic mass is 35.5. The van der Waals surface area contributed by atoms with E-state index in [1.807, 2.05) is 36.4 Å². The lowest BCUT2D eigenvalue weighted by atomic mass is 9.89. The number of nitrogens with zero attached hydrogens (tertiary/aromatic N) is 1. The van der Waals surface area contributed by atoms with Crippen LogP contribution in [0.3, 0.4) is 0 Å². The summed E-state index contributed by atoms with van der Waals surface area (Å²) >= 11 is 7.36. The molecule has 26 heavy (non-hydrogen) atoms. The average Bonchev–Trinajstić information content (AvgIpc) is 3.01. The van der Waals surface area contributed by atoms with Gasteiger partial charge in [-0.05, 0) is 42.7 Å². The summed E-state index contributed by atoms with van der Waals surface area (Å²) in [4.78, 5) is 28.8. The minimum absolute atomic E-state index is 0.0221. The zero-order valence-corrected chi connectivity index (χ0v) is 15.4. The maximum Gasteiger partial charge on any atom is 0.227 e. The van der Waals surface area contributed by atoms with Gasteiger partial charge in [0, 0.05) is 23.0 Å². The van der Waals surface area contributed by atoms with Crippen molar-refractivity contribution in [1.82, 2.24) is 4.98 Å². The smallest absolute Gasteiger partial charge is 0.227 e. The molecule has 2 N–H and O–H groups in total. The Bertz CT molecular complexity index is 1000. The Morgan fingerprint density at radius 1 is 1.31 bits per heavy atom. The second-order valence-electron chi connectivity index (χ2n) is 6.27. The van der Waals surface area contributed by atoms with Gasteiger partial charge in [-0.25, -0.2) is 4.98 Å². The van der Waals surface area contributed by atoms with Crippen LogP contribution in [0.1, 0.15) is 18.4 Å². The molecule has 1 aliphatic heterocycles. The number of para-hydroxylation sites is 1. The summed E-state index contributed by atoms with van der Waals surface area (Å²) in [7, 11) is 0. The lowest BCUT2D eigenvalue weighted by Gasteiger charge is -2.24. The summed E-state index contributed by atoms with van der Waals surface area (Å²) < 4.78 is 0.927. The number of rotatable bonds is 4. The lowest BCUT2D eigenvalue weighted by molar-refractivity contribution is -0.121. The Balaban J connectivity index is 1.37. The number of fused-ring (bicyclic) bond motifs is 2. The van der Waals surface area contributed by atoms with Crippen LogP contribution in [0.15, 0.2) is 42.5 Å². The highest BCUT2D eigenvalue weighted by Gasteiger charge is 2.26. The molecule has 1 atom stereocenters. The monoisotopic (exact) mass is 385 g/mol. The van der Waals surface area contributed by atoms with Gasteiger partial charge >= 0.3 is 0 Å². The normalized spacial score (nSPS) is 16.2. The number of anilines is 2. The van der Waals surface area contributed by atoms with Gasteiger partial charge in [-0.15, -0.1) is 0 Å². The molecular formula is C19H16ClN3O2S. The van der Waals surface area contributed by atoms with Crippen LogP contribution < -0.4 is 10.6 Å². The molecule has 4 rings (SSSR count). The minimum atomic E-state index is -0.190. The summed E-state index contributed by atoms with van der Waals surface area (Å²) in [5.74, 6) is -0.349. The van der Waals surface area contributed by atoms with Crippen LogP contribution in [0.4, 0.5) is 10.8 Å². The third-order valence-electron chi connectivity index (χ3n) is 4.43. The van der Waals surface area contributed by atoms with Gasteiger partial charge in [-0.2, -0.15) is 0 Å². The first-order valence-corrected chi connectivity index (χ1v) is 9.52. The molecule has 2 amide bonds. The van der Waals surface area contributed by atoms with Crippen LogP contribution in [0, 0.1) is 5.92 Å². The van der Waals surface area contributed by atoms with Crippen molar-refractivity contribution < 1.29 is 9.59 Å². The van der Waals surface area contributed by atoms with E-state index in [4.69, 9.17) is 11.6 Å². The van der Waals surface area contributed by atoms with E-state index in [9.17, 15) is 9.59 Å². The summed E-state index contributed by atoms with van der Waals surface area (Å²) in [6.45, 7) is 0. The second-order valence-corrected chi connectivity index (χ2v) is 7.73. The van der Waals surface area contributed by atoms with Crippen LogP contribution in [0.5, 0.6) is 0 Å². The van der Waals surface area contributed by atoms with Gasteiger partial charge in [-0.3, -0.25) is 9.59 Å². The second kappa shape index (κ2) is 7.05. The predicted molar refractivity (Wildman–Crippen MR) is 105 cm³/mol. The summed E-state index contributed by atoms with van der Waals surface area (Å²) in [5, 5.41) is 6.92. The number of hydrogen-bond donors (Lipinski definition) is 2. The van der Waals surface area contributed by atoms with Crippen LogP contribution in [0.2, 0.25) is 5.02 Å². The molecule has 0 saturated heterocycles. The molecule has 3 aromatic rings. The van der Waals surface area contributed by atoms with Crippen molar-refractivity contribution in [1.29, 1.82) is 0 Å². The number of aromatic nitrogens is 1. The van der Waals surface area contributed by atoms with Gasteiger partial charge in [0.25, 0.3) is 0 Å². The van der Waals surface area contributed by atoms with Crippen LogP contribution in [-0.4, -0.2) is 16.8 Å². The first-order valence-electron chi connectivity index (χ1n) is 8.33. The first kappa shape index (κ1) is 17.0. The van der Waals surface area contributed by atoms with E-state index in [1.165, 1.54) is 11.3 Å². The third kappa shape index (κ3) is 3.57. The maximum atomic E-state index is 12.2. The summed E-state index contributed by atoms with van der Waals surface area (Å²) in [6.07, 6.45) is 1.44. The Kier molecular flexibility index (Phi) is 4.61. The van der Waals surface area contributed by atoms with Crippen LogP contribution in [-0.2, 0) is 16.0 Å². The molecule has 2 heterocycles. The van der Waals surface area contributed by atoms with Crippen molar-refractivity contribution in [2.45, 2.75) is 19.3 Å². The fraction of sp³-hybridized carbons (Fsp3) is 0.211. The Morgan fingerprint density at radius 2 is 2.15 bits per heavy atom. The molecule has 2 aromatic carbocycles. The Labute approximate surface area is 159 Å². The van der Waals surface area contributed by atoms with E-state index in [-0.39, 0.29) is 24.2 Å². The van der Waals surface area contributed by atoms with E-state index in [2.05, 4.69) is 15.6 Å². The Morgan fingerprint density at radius 3 is 3.04 bits per heavy atom. The van der Waals surface area contributed by atoms with Crippen molar-refractivity contribution in [3.63, 3.8) is 0 Å². The highest BCUT2D eigenvalue weighted by molar-refractivity contribution is 7.22. The fourth-order valence-corrected chi connectivity index (χ4v) is 4.24. The number of carbonyl (C=O) groups excluding carboxylic acids is 2. The number of thiazole rings is 1. The van der Waals surface area contributed by atoms with Gasteiger partial charge < -0.3 is 10.6 Å². The highest BCUT2D eigenvalue weighted by Crippen LogP contribution is 2.29. The molecule has 1 aliphatic rings. The van der Waals surface area contributed by atoms with Gasteiger partial charge in [-0.1, -0.05) is 41.1 Å². The number of hydrogen-bond acceptors (Lipinski definition) is 4. The molecule has 0 saturated carbocycles. The maximum absolute atomic E-state index is 12.2. The van der Waals surface area contributed by atoms with Gasteiger partial charge in [0.1, 0.15) is 0 Å². The van der Waals surface area contributed by atoms with E-state index in [1.54, 1.807) is 6.07 Å². The standard InChI is InChI=1S/C19H16ClN3O2S/c20-13-6-7-15-16(10-13)26-19(22-15)23-17(24)8-5-12-9-11-3-1-2-4-14(11)21-18(12)25/h1-4,6-7,10,12H,5,8-9H2,(H,21,25)(H,22,23,24). The van der Waals surface area contributed by atoms with Gasteiger partial charge in [0.05, 0.1) is 10.2 Å². The first-order chi connectivity index (χ1) is 12.6. The number of carbonyl (C=O) groups is 2. The summed E-state index contributed by atoms with van der Waals surface area (Å²) in [6, 6.07) is 13.2. The molecule has 5 nitrogen and oxygen atoms in total. The zero-order chi connectivity index (χ0) is 18.1. The largest absolute Gasteiger partial charge is 0.326 e. The van der Waals surface area contributed by atoms with E-state index in [0.717, 1.165) is 21.5 Å². The van der Waals surface area contributed by atoms with Gasteiger partial charge in [0.2, 0.25) is 11.8 Å². The van der Waals surface area contributed by atoms with Crippen LogP contribution >= 0.6 is 22.9 Å². The Hall–Kier alpha value is -2.44. The third-order valence-corrected chi connectivity index (χ3v) is 5.60. The molecule has 7 heteroatoms. The number of halogens is 1. The topological polar surface area (TPSA) is 71.1 Å². The van der Waals surface area contributed by atoms with Crippen molar-refractivity contribution in [3.05, 3.63) is 53.1 Å². The fourth-order valence-electron chi connectivity index (χ4n) is 3.09. The molecule has 1 unspecified atom stereocenters. The average molecular weight is 386 g/mol. The molecule has 0 aliphatic carbocycles. The molecule has 132 valence electrons. The van der Waals surface area contributed by atoms with Crippen molar-refractivity contribution in [2.75, 3.05) is 10.6 Å². The predicted octanol–water partition coefficient (Wildman–Crippen LogP) is 4.48.